The second kappa shape index (κ2) is 8.72. The van der Waals surface area contributed by atoms with E-state index in [4.69, 9.17) is 9.26 Å². The van der Waals surface area contributed by atoms with E-state index in [1.54, 1.807) is 11.8 Å². The summed E-state index contributed by atoms with van der Waals surface area (Å²) in [6.45, 7) is 4.88. The Morgan fingerprint density at radius 1 is 1.19 bits per heavy atom. The van der Waals surface area contributed by atoms with Gasteiger partial charge in [-0.2, -0.15) is 4.98 Å². The lowest BCUT2D eigenvalue weighted by molar-refractivity contribution is 0.0508. The van der Waals surface area contributed by atoms with Crippen LogP contribution in [0.4, 0.5) is 4.39 Å². The van der Waals surface area contributed by atoms with Gasteiger partial charge in [0.2, 0.25) is 5.89 Å². The molecule has 1 saturated heterocycles. The van der Waals surface area contributed by atoms with E-state index in [1.807, 2.05) is 0 Å². The normalized spacial score (nSPS) is 15.4. The predicted molar refractivity (Wildman–Crippen MR) is 92.5 cm³/mol. The second-order valence-electron chi connectivity index (χ2n) is 6.16. The van der Waals surface area contributed by atoms with E-state index in [1.165, 1.54) is 24.3 Å². The van der Waals surface area contributed by atoms with Crippen LogP contribution in [0.1, 0.15) is 40.2 Å². The smallest absolute Gasteiger partial charge is 0.379 e. The first-order valence-electron chi connectivity index (χ1n) is 8.83. The topological polar surface area (TPSA) is 88.8 Å². The Balaban J connectivity index is 1.56. The first-order valence-corrected chi connectivity index (χ1v) is 8.83. The molecule has 0 aliphatic carbocycles. The van der Waals surface area contributed by atoms with Crippen molar-refractivity contribution in [1.82, 2.24) is 19.9 Å². The highest BCUT2D eigenvalue weighted by molar-refractivity contribution is 5.94. The van der Waals surface area contributed by atoms with Gasteiger partial charge in [-0.3, -0.25) is 9.69 Å². The van der Waals surface area contributed by atoms with Gasteiger partial charge in [-0.1, -0.05) is 0 Å². The molecule has 1 aromatic carbocycles. The summed E-state index contributed by atoms with van der Waals surface area (Å²) in [4.78, 5) is 32.0. The minimum Gasteiger partial charge on any atom is -0.460 e. The maximum atomic E-state index is 13.0. The molecule has 1 amide bonds. The SMILES string of the molecule is CCOC(=O)c1noc(CN2CCCN(C(=O)c3ccc(F)cc3)CC2)n1. The average Bonchev–Trinajstić information content (AvgIpc) is 3.00. The van der Waals surface area contributed by atoms with Gasteiger partial charge in [0.1, 0.15) is 5.82 Å². The highest BCUT2D eigenvalue weighted by Gasteiger charge is 2.22. The summed E-state index contributed by atoms with van der Waals surface area (Å²) >= 11 is 0. The zero-order chi connectivity index (χ0) is 19.2. The average molecular weight is 376 g/mol. The third kappa shape index (κ3) is 4.88. The summed E-state index contributed by atoms with van der Waals surface area (Å²) < 4.78 is 23.0. The molecule has 1 aliphatic heterocycles. The molecule has 8 nitrogen and oxygen atoms in total. The first-order chi connectivity index (χ1) is 13.1. The number of carbonyl (C=O) groups excluding carboxylic acids is 2. The molecule has 0 atom stereocenters. The van der Waals surface area contributed by atoms with E-state index in [9.17, 15) is 14.0 Å². The van der Waals surface area contributed by atoms with Crippen molar-refractivity contribution in [2.75, 3.05) is 32.8 Å². The van der Waals surface area contributed by atoms with E-state index in [2.05, 4.69) is 15.0 Å². The number of esters is 1. The molecule has 9 heteroatoms. The zero-order valence-corrected chi connectivity index (χ0v) is 15.1. The summed E-state index contributed by atoms with van der Waals surface area (Å²) in [5.41, 5.74) is 0.473. The fourth-order valence-electron chi connectivity index (χ4n) is 2.90. The minimum absolute atomic E-state index is 0.0882. The highest BCUT2D eigenvalue weighted by atomic mass is 19.1. The summed E-state index contributed by atoms with van der Waals surface area (Å²) in [5, 5.41) is 3.63. The molecule has 3 rings (SSSR count). The van der Waals surface area contributed by atoms with Gasteiger partial charge < -0.3 is 14.2 Å². The summed E-state index contributed by atoms with van der Waals surface area (Å²) in [5.74, 6) is -0.847. The summed E-state index contributed by atoms with van der Waals surface area (Å²) in [6, 6.07) is 5.56. The molecule has 1 aliphatic rings. The van der Waals surface area contributed by atoms with Crippen molar-refractivity contribution < 1.29 is 23.2 Å². The Hall–Kier alpha value is -2.81. The maximum absolute atomic E-state index is 13.0. The van der Waals surface area contributed by atoms with Crippen molar-refractivity contribution in [2.45, 2.75) is 19.9 Å². The van der Waals surface area contributed by atoms with Crippen LogP contribution in [0.5, 0.6) is 0 Å². The molecule has 0 unspecified atom stereocenters. The Bertz CT molecular complexity index is 793. The Morgan fingerprint density at radius 3 is 2.70 bits per heavy atom. The molecule has 0 spiro atoms. The van der Waals surface area contributed by atoms with E-state index < -0.39 is 5.97 Å². The Morgan fingerprint density at radius 2 is 1.96 bits per heavy atom. The monoisotopic (exact) mass is 376 g/mol. The number of carbonyl (C=O) groups is 2. The fourth-order valence-corrected chi connectivity index (χ4v) is 2.90. The van der Waals surface area contributed by atoms with Gasteiger partial charge in [0.25, 0.3) is 11.7 Å². The first kappa shape index (κ1) is 19.0. The van der Waals surface area contributed by atoms with Crippen LogP contribution in [0.15, 0.2) is 28.8 Å². The predicted octanol–water partition coefficient (Wildman–Crippen LogP) is 1.73. The van der Waals surface area contributed by atoms with Gasteiger partial charge in [-0.25, -0.2) is 9.18 Å². The van der Waals surface area contributed by atoms with E-state index in [-0.39, 0.29) is 24.2 Å². The lowest BCUT2D eigenvalue weighted by atomic mass is 10.2. The zero-order valence-electron chi connectivity index (χ0n) is 15.1. The third-order valence-corrected chi connectivity index (χ3v) is 4.25. The van der Waals surface area contributed by atoms with Gasteiger partial charge in [-0.15, -0.1) is 0 Å². The van der Waals surface area contributed by atoms with E-state index in [0.717, 1.165) is 13.0 Å². The highest BCUT2D eigenvalue weighted by Crippen LogP contribution is 2.12. The Labute approximate surface area is 155 Å². The van der Waals surface area contributed by atoms with Crippen molar-refractivity contribution >= 4 is 11.9 Å². The second-order valence-corrected chi connectivity index (χ2v) is 6.16. The molecule has 0 bridgehead atoms. The van der Waals surface area contributed by atoms with E-state index >= 15 is 0 Å². The van der Waals surface area contributed by atoms with Crippen molar-refractivity contribution in [3.8, 4) is 0 Å². The molecule has 2 aromatic rings. The molecule has 144 valence electrons. The lowest BCUT2D eigenvalue weighted by Crippen LogP contribution is -2.35. The van der Waals surface area contributed by atoms with Crippen LogP contribution in [0.2, 0.25) is 0 Å². The minimum atomic E-state index is -0.612. The molecule has 1 aromatic heterocycles. The maximum Gasteiger partial charge on any atom is 0.379 e. The molecule has 27 heavy (non-hydrogen) atoms. The van der Waals surface area contributed by atoms with Crippen molar-refractivity contribution in [2.24, 2.45) is 0 Å². The number of hydrogen-bond acceptors (Lipinski definition) is 7. The van der Waals surface area contributed by atoms with Gasteiger partial charge in [0, 0.05) is 31.7 Å². The van der Waals surface area contributed by atoms with Gasteiger partial charge >= 0.3 is 5.97 Å². The largest absolute Gasteiger partial charge is 0.460 e. The van der Waals surface area contributed by atoms with Crippen LogP contribution in [0.25, 0.3) is 0 Å². The van der Waals surface area contributed by atoms with E-state index in [0.29, 0.717) is 37.6 Å². The summed E-state index contributed by atoms with van der Waals surface area (Å²) in [6.07, 6.45) is 0.784. The van der Waals surface area contributed by atoms with Crippen molar-refractivity contribution in [3.05, 3.63) is 47.4 Å². The van der Waals surface area contributed by atoms with Crippen LogP contribution in [-0.2, 0) is 11.3 Å². The fraction of sp³-hybridized carbons (Fsp3) is 0.444. The molecule has 2 heterocycles. The van der Waals surface area contributed by atoms with Crippen LogP contribution < -0.4 is 0 Å². The molecule has 0 radical (unpaired) electrons. The van der Waals surface area contributed by atoms with Crippen LogP contribution in [0.3, 0.4) is 0 Å². The molecule has 0 N–H and O–H groups in total. The number of hydrogen-bond donors (Lipinski definition) is 0. The molecule has 1 fully saturated rings. The number of benzene rings is 1. The molecular weight excluding hydrogens is 355 g/mol. The van der Waals surface area contributed by atoms with Crippen LogP contribution >= 0.6 is 0 Å². The standard InChI is InChI=1S/C18H21FN4O4/c1-2-26-18(25)16-20-15(27-21-16)12-22-8-3-9-23(11-10-22)17(24)13-4-6-14(19)7-5-13/h4-7H,2-3,8-12H2,1H3. The number of aromatic nitrogens is 2. The van der Waals surface area contributed by atoms with Crippen molar-refractivity contribution in [3.63, 3.8) is 0 Å². The van der Waals surface area contributed by atoms with Crippen molar-refractivity contribution in [1.29, 1.82) is 0 Å². The number of rotatable bonds is 5. The quantitative estimate of drug-likeness (QED) is 0.734. The molecular formula is C18H21FN4O4. The van der Waals surface area contributed by atoms with Crippen LogP contribution in [0, 0.1) is 5.82 Å². The number of ether oxygens (including phenoxy) is 1. The Kier molecular flexibility index (Phi) is 6.12. The lowest BCUT2D eigenvalue weighted by Gasteiger charge is -2.21. The third-order valence-electron chi connectivity index (χ3n) is 4.25. The van der Waals surface area contributed by atoms with Crippen LogP contribution in [-0.4, -0.2) is 64.6 Å². The van der Waals surface area contributed by atoms with Gasteiger partial charge in [-0.05, 0) is 42.8 Å². The molecule has 0 saturated carbocycles. The number of halogens is 1. The van der Waals surface area contributed by atoms with Gasteiger partial charge in [0.05, 0.1) is 13.2 Å². The van der Waals surface area contributed by atoms with Gasteiger partial charge in [0.15, 0.2) is 0 Å². The summed E-state index contributed by atoms with van der Waals surface area (Å²) in [7, 11) is 0. The number of nitrogens with zero attached hydrogens (tertiary/aromatic N) is 4. The number of amides is 1.